The molecule has 37 heavy (non-hydrogen) atoms. The second kappa shape index (κ2) is 10.7. The van der Waals surface area contributed by atoms with Gasteiger partial charge in [0.1, 0.15) is 11.6 Å². The first-order valence-corrected chi connectivity index (χ1v) is 13.2. The van der Waals surface area contributed by atoms with Crippen molar-refractivity contribution in [2.75, 3.05) is 33.2 Å². The van der Waals surface area contributed by atoms with Crippen LogP contribution >= 0.6 is 0 Å². The number of piperidine rings is 2. The predicted molar refractivity (Wildman–Crippen MR) is 140 cm³/mol. The summed E-state index contributed by atoms with van der Waals surface area (Å²) in [5.74, 6) is -0.308. The Morgan fingerprint density at radius 2 is 1.81 bits per heavy atom. The fourth-order valence-corrected chi connectivity index (χ4v) is 5.32. The number of hydrogen-bond acceptors (Lipinski definition) is 6. The van der Waals surface area contributed by atoms with E-state index >= 15 is 0 Å². The van der Waals surface area contributed by atoms with Crippen molar-refractivity contribution in [1.82, 2.24) is 24.3 Å². The summed E-state index contributed by atoms with van der Waals surface area (Å²) < 4.78 is 8.54. The van der Waals surface area contributed by atoms with Crippen molar-refractivity contribution in [3.8, 4) is 0 Å². The number of benzene rings is 1. The maximum atomic E-state index is 13.0. The molecule has 2 saturated heterocycles. The number of carbonyl (C=O) groups is 3. The molecule has 1 atom stereocenters. The van der Waals surface area contributed by atoms with Crippen molar-refractivity contribution >= 4 is 28.9 Å². The minimum Gasteiger partial charge on any atom is -0.444 e. The minimum atomic E-state index is -0.669. The molecular formula is C27H39N5O5. The van der Waals surface area contributed by atoms with E-state index in [9.17, 15) is 19.2 Å². The Morgan fingerprint density at radius 1 is 1.11 bits per heavy atom. The van der Waals surface area contributed by atoms with E-state index < -0.39 is 17.6 Å². The van der Waals surface area contributed by atoms with Crippen molar-refractivity contribution in [3.05, 3.63) is 34.2 Å². The summed E-state index contributed by atoms with van der Waals surface area (Å²) in [5.41, 5.74) is 1.99. The van der Waals surface area contributed by atoms with E-state index in [1.807, 2.05) is 26.8 Å². The third kappa shape index (κ3) is 6.06. The van der Waals surface area contributed by atoms with Gasteiger partial charge in [-0.1, -0.05) is 6.07 Å². The lowest BCUT2D eigenvalue weighted by Crippen LogP contribution is -2.44. The highest BCUT2D eigenvalue weighted by Crippen LogP contribution is 2.31. The van der Waals surface area contributed by atoms with Crippen molar-refractivity contribution in [1.29, 1.82) is 0 Å². The molecule has 10 nitrogen and oxygen atoms in total. The van der Waals surface area contributed by atoms with Gasteiger partial charge in [-0.15, -0.1) is 0 Å². The van der Waals surface area contributed by atoms with Gasteiger partial charge >= 0.3 is 11.8 Å². The van der Waals surface area contributed by atoms with E-state index in [1.165, 1.54) is 10.1 Å². The number of amides is 3. The van der Waals surface area contributed by atoms with Gasteiger partial charge in [-0.3, -0.25) is 24.0 Å². The van der Waals surface area contributed by atoms with Crippen LogP contribution in [0.3, 0.4) is 0 Å². The molecule has 0 spiro atoms. The second-order valence-corrected chi connectivity index (χ2v) is 11.3. The van der Waals surface area contributed by atoms with E-state index in [1.54, 1.807) is 23.6 Å². The number of ether oxygens (including phenoxy) is 1. The standard InChI is InChI=1S/C27H39N5O5/c1-27(2,3)37-26(36)29(4)13-6-14-31-15-11-18(12-16-31)19-7-8-20-22(17-19)30(5)25(35)32(20)21-9-10-23(33)28-24(21)34/h7-8,17-18,21H,6,9-16H2,1-5H3,(H,28,33,34)/t21-/m0/s1. The Kier molecular flexibility index (Phi) is 7.77. The van der Waals surface area contributed by atoms with Crippen LogP contribution in [0.4, 0.5) is 4.79 Å². The van der Waals surface area contributed by atoms with Crippen LogP contribution < -0.4 is 11.0 Å². The van der Waals surface area contributed by atoms with Gasteiger partial charge < -0.3 is 14.5 Å². The molecule has 1 N–H and O–H groups in total. The number of fused-ring (bicyclic) bond motifs is 1. The second-order valence-electron chi connectivity index (χ2n) is 11.3. The zero-order valence-electron chi connectivity index (χ0n) is 22.6. The fourth-order valence-electron chi connectivity index (χ4n) is 5.32. The molecule has 2 aliphatic heterocycles. The number of imide groups is 1. The average Bonchev–Trinajstić information content (AvgIpc) is 3.08. The predicted octanol–water partition coefficient (Wildman–Crippen LogP) is 2.75. The van der Waals surface area contributed by atoms with E-state index in [0.717, 1.165) is 49.9 Å². The van der Waals surface area contributed by atoms with E-state index in [2.05, 4.69) is 22.3 Å². The summed E-state index contributed by atoms with van der Waals surface area (Å²) in [7, 11) is 3.50. The van der Waals surface area contributed by atoms with Crippen molar-refractivity contribution in [2.24, 2.45) is 7.05 Å². The zero-order valence-corrected chi connectivity index (χ0v) is 22.6. The van der Waals surface area contributed by atoms with Crippen molar-refractivity contribution in [3.63, 3.8) is 0 Å². The molecule has 3 heterocycles. The smallest absolute Gasteiger partial charge is 0.410 e. The van der Waals surface area contributed by atoms with Gasteiger partial charge in [0.15, 0.2) is 0 Å². The summed E-state index contributed by atoms with van der Waals surface area (Å²) in [6, 6.07) is 5.42. The normalized spacial score (nSPS) is 19.8. The molecule has 2 aromatic rings. The van der Waals surface area contributed by atoms with E-state index in [0.29, 0.717) is 18.9 Å². The number of aryl methyl sites for hydroxylation is 1. The molecule has 202 valence electrons. The average molecular weight is 514 g/mol. The molecule has 0 saturated carbocycles. The summed E-state index contributed by atoms with van der Waals surface area (Å²) in [6.07, 6.45) is 3.21. The number of nitrogens with zero attached hydrogens (tertiary/aromatic N) is 4. The lowest BCUT2D eigenvalue weighted by Gasteiger charge is -2.32. The SMILES string of the molecule is CN(CCCN1CCC(c2ccc3c(c2)n(C)c(=O)n3[C@H]2CCC(=O)NC2=O)CC1)C(=O)OC(C)(C)C. The maximum Gasteiger partial charge on any atom is 0.410 e. The van der Waals surface area contributed by atoms with Crippen LogP contribution in [0.15, 0.2) is 23.0 Å². The minimum absolute atomic E-state index is 0.229. The van der Waals surface area contributed by atoms with Gasteiger partial charge in [0.25, 0.3) is 0 Å². The van der Waals surface area contributed by atoms with Gasteiger partial charge in [0, 0.05) is 27.1 Å². The Morgan fingerprint density at radius 3 is 2.46 bits per heavy atom. The first-order valence-electron chi connectivity index (χ1n) is 13.2. The van der Waals surface area contributed by atoms with Crippen LogP contribution in [-0.2, 0) is 21.4 Å². The number of imidazole rings is 1. The first kappa shape index (κ1) is 26.9. The Labute approximate surface area is 217 Å². The monoisotopic (exact) mass is 513 g/mol. The van der Waals surface area contributed by atoms with Gasteiger partial charge in [0.05, 0.1) is 11.0 Å². The highest BCUT2D eigenvalue weighted by molar-refractivity contribution is 6.00. The molecule has 0 unspecified atom stereocenters. The Balaban J connectivity index is 1.35. The molecule has 4 rings (SSSR count). The summed E-state index contributed by atoms with van der Waals surface area (Å²) in [4.78, 5) is 53.2. The molecule has 2 aliphatic rings. The lowest BCUT2D eigenvalue weighted by atomic mass is 9.89. The van der Waals surface area contributed by atoms with Crippen LogP contribution in [0.25, 0.3) is 11.0 Å². The molecule has 1 aromatic heterocycles. The zero-order chi connectivity index (χ0) is 26.9. The van der Waals surface area contributed by atoms with Crippen LogP contribution in [0.1, 0.15) is 70.4 Å². The number of nitrogens with one attached hydrogen (secondary N) is 1. The topological polar surface area (TPSA) is 106 Å². The lowest BCUT2D eigenvalue weighted by molar-refractivity contribution is -0.135. The van der Waals surface area contributed by atoms with E-state index in [4.69, 9.17) is 4.74 Å². The van der Waals surface area contributed by atoms with E-state index in [-0.39, 0.29) is 24.1 Å². The molecule has 10 heteroatoms. The van der Waals surface area contributed by atoms with Gasteiger partial charge in [0.2, 0.25) is 11.8 Å². The molecule has 0 aliphatic carbocycles. The van der Waals surface area contributed by atoms with Crippen molar-refractivity contribution < 1.29 is 19.1 Å². The van der Waals surface area contributed by atoms with Crippen LogP contribution in [0.5, 0.6) is 0 Å². The molecule has 2 fully saturated rings. The number of aromatic nitrogens is 2. The Bertz CT molecular complexity index is 1230. The third-order valence-corrected chi connectivity index (χ3v) is 7.37. The summed E-state index contributed by atoms with van der Waals surface area (Å²) >= 11 is 0. The third-order valence-electron chi connectivity index (χ3n) is 7.37. The molecule has 3 amide bonds. The summed E-state index contributed by atoms with van der Waals surface area (Å²) in [5, 5.41) is 2.35. The quantitative estimate of drug-likeness (QED) is 0.596. The van der Waals surface area contributed by atoms with Crippen LogP contribution in [-0.4, -0.2) is 75.7 Å². The largest absolute Gasteiger partial charge is 0.444 e. The molecule has 0 radical (unpaired) electrons. The number of likely N-dealkylation sites (tertiary alicyclic amines) is 1. The summed E-state index contributed by atoms with van der Waals surface area (Å²) in [6.45, 7) is 9.16. The Hall–Kier alpha value is -3.14. The highest BCUT2D eigenvalue weighted by atomic mass is 16.6. The molecular weight excluding hydrogens is 474 g/mol. The number of rotatable bonds is 6. The molecule has 0 bridgehead atoms. The first-order chi connectivity index (χ1) is 17.4. The molecule has 1 aromatic carbocycles. The highest BCUT2D eigenvalue weighted by Gasteiger charge is 2.31. The fraction of sp³-hybridized carbons (Fsp3) is 0.630. The number of carbonyl (C=O) groups excluding carboxylic acids is 3. The van der Waals surface area contributed by atoms with Gasteiger partial charge in [-0.25, -0.2) is 9.59 Å². The van der Waals surface area contributed by atoms with Crippen molar-refractivity contribution in [2.45, 2.75) is 70.4 Å². The number of hydrogen-bond donors (Lipinski definition) is 1. The maximum absolute atomic E-state index is 13.0. The van der Waals surface area contributed by atoms with Gasteiger partial charge in [-0.2, -0.15) is 0 Å². The van der Waals surface area contributed by atoms with Gasteiger partial charge in [-0.05, 0) is 89.7 Å². The van der Waals surface area contributed by atoms with Crippen LogP contribution in [0, 0.1) is 0 Å². The van der Waals surface area contributed by atoms with Crippen LogP contribution in [0.2, 0.25) is 0 Å².